The number of nitrogens with zero attached hydrogens (tertiary/aromatic N) is 3. The number of halogens is 1. The minimum Gasteiger partial charge on any atom is -0.369 e. The van der Waals surface area contributed by atoms with Crippen molar-refractivity contribution in [2.45, 2.75) is 38.6 Å². The average molecular weight is 465 g/mol. The fourth-order valence-electron chi connectivity index (χ4n) is 5.08. The number of rotatable bonds is 5. The first-order valence-electron chi connectivity index (χ1n) is 11.7. The number of hydrogen-bond donors (Lipinski definition) is 1. The van der Waals surface area contributed by atoms with Crippen LogP contribution in [0.2, 0.25) is 0 Å². The van der Waals surface area contributed by atoms with Gasteiger partial charge in [0.1, 0.15) is 10.8 Å². The first kappa shape index (κ1) is 22.0. The van der Waals surface area contributed by atoms with Gasteiger partial charge in [-0.05, 0) is 67.6 Å². The lowest BCUT2D eigenvalue weighted by atomic mass is 9.90. The highest BCUT2D eigenvalue weighted by molar-refractivity contribution is 7.16. The van der Waals surface area contributed by atoms with E-state index in [4.69, 9.17) is 4.98 Å². The van der Waals surface area contributed by atoms with Gasteiger partial charge in [0.25, 0.3) is 0 Å². The van der Waals surface area contributed by atoms with Crippen molar-refractivity contribution in [3.8, 4) is 0 Å². The van der Waals surface area contributed by atoms with Gasteiger partial charge in [-0.1, -0.05) is 6.07 Å². The fourth-order valence-corrected chi connectivity index (χ4v) is 6.45. The number of amides is 1. The van der Waals surface area contributed by atoms with Gasteiger partial charge in [0.2, 0.25) is 5.91 Å². The van der Waals surface area contributed by atoms with Crippen molar-refractivity contribution in [1.82, 2.24) is 9.88 Å². The standard InChI is InChI=1S/C26H29FN4OS/c1-18(32)29-26-24(21-6-2-3-8-23(21)33-26)25(22-7-4-5-13-28-22)31-16-14-30(15-17-31)20-11-9-19(27)10-12-20/h4-5,7,9-13,25H,2-3,6,8,14-17H2,1H3,(H,29,32)/t25-/m1/s1. The van der Waals surface area contributed by atoms with Gasteiger partial charge in [0, 0.05) is 55.4 Å². The fraction of sp³-hybridized carbons (Fsp3) is 0.385. The third-order valence-electron chi connectivity index (χ3n) is 6.61. The highest BCUT2D eigenvalue weighted by Gasteiger charge is 2.34. The SMILES string of the molecule is CC(=O)Nc1sc2c(c1[C@@H](c1ccccn1)N1CCN(c3ccc(F)cc3)CC1)CCCC2. The maximum absolute atomic E-state index is 13.4. The van der Waals surface area contributed by atoms with Crippen LogP contribution in [-0.4, -0.2) is 42.0 Å². The highest BCUT2D eigenvalue weighted by Crippen LogP contribution is 2.45. The molecule has 2 aromatic heterocycles. The van der Waals surface area contributed by atoms with Crippen LogP contribution >= 0.6 is 11.3 Å². The molecule has 1 aliphatic carbocycles. The second-order valence-electron chi connectivity index (χ2n) is 8.79. The number of pyridine rings is 1. The molecule has 33 heavy (non-hydrogen) atoms. The number of fused-ring (bicyclic) bond motifs is 1. The lowest BCUT2D eigenvalue weighted by molar-refractivity contribution is -0.114. The van der Waals surface area contributed by atoms with Crippen molar-refractivity contribution in [2.75, 3.05) is 36.4 Å². The van der Waals surface area contributed by atoms with Gasteiger partial charge in [0.15, 0.2) is 0 Å². The summed E-state index contributed by atoms with van der Waals surface area (Å²) in [6, 6.07) is 12.8. The second-order valence-corrected chi connectivity index (χ2v) is 9.90. The number of anilines is 2. The Morgan fingerprint density at radius 3 is 2.52 bits per heavy atom. The zero-order valence-corrected chi connectivity index (χ0v) is 19.7. The van der Waals surface area contributed by atoms with Crippen LogP contribution in [-0.2, 0) is 17.6 Å². The molecule has 1 aliphatic heterocycles. The van der Waals surface area contributed by atoms with Crippen molar-refractivity contribution >= 4 is 27.9 Å². The normalized spacial score (nSPS) is 17.5. The molecular formula is C26H29FN4OS. The molecular weight excluding hydrogens is 435 g/mol. The molecule has 2 aliphatic rings. The number of carbonyl (C=O) groups is 1. The Morgan fingerprint density at radius 2 is 1.82 bits per heavy atom. The third-order valence-corrected chi connectivity index (χ3v) is 7.84. The van der Waals surface area contributed by atoms with Gasteiger partial charge in [-0.3, -0.25) is 14.7 Å². The summed E-state index contributed by atoms with van der Waals surface area (Å²) in [4.78, 5) is 23.0. The molecule has 1 aromatic carbocycles. The lowest BCUT2D eigenvalue weighted by Crippen LogP contribution is -2.48. The van der Waals surface area contributed by atoms with E-state index in [1.165, 1.54) is 41.0 Å². The number of nitrogens with one attached hydrogen (secondary N) is 1. The summed E-state index contributed by atoms with van der Waals surface area (Å²) in [5, 5.41) is 4.12. The molecule has 0 bridgehead atoms. The zero-order chi connectivity index (χ0) is 22.8. The Kier molecular flexibility index (Phi) is 6.42. The summed E-state index contributed by atoms with van der Waals surface area (Å²) in [5.41, 5.74) is 4.72. The molecule has 5 nitrogen and oxygen atoms in total. The van der Waals surface area contributed by atoms with Crippen LogP contribution in [0, 0.1) is 5.82 Å². The van der Waals surface area contributed by atoms with E-state index in [1.807, 2.05) is 30.5 Å². The summed E-state index contributed by atoms with van der Waals surface area (Å²) in [5.74, 6) is -0.240. The quantitative estimate of drug-likeness (QED) is 0.575. The van der Waals surface area contributed by atoms with Gasteiger partial charge < -0.3 is 10.2 Å². The average Bonchev–Trinajstić information content (AvgIpc) is 3.18. The topological polar surface area (TPSA) is 48.5 Å². The monoisotopic (exact) mass is 464 g/mol. The summed E-state index contributed by atoms with van der Waals surface area (Å²) >= 11 is 1.74. The molecule has 1 atom stereocenters. The zero-order valence-electron chi connectivity index (χ0n) is 18.9. The van der Waals surface area contributed by atoms with Crippen molar-refractivity contribution in [1.29, 1.82) is 0 Å². The molecule has 1 N–H and O–H groups in total. The summed E-state index contributed by atoms with van der Waals surface area (Å²) in [6.07, 6.45) is 6.38. The van der Waals surface area contributed by atoms with Crippen LogP contribution in [0.25, 0.3) is 0 Å². The van der Waals surface area contributed by atoms with Gasteiger partial charge in [0.05, 0.1) is 11.7 Å². The Balaban J connectivity index is 1.49. The molecule has 0 unspecified atom stereocenters. The molecule has 7 heteroatoms. The van der Waals surface area contributed by atoms with Crippen molar-refractivity contribution in [2.24, 2.45) is 0 Å². The maximum atomic E-state index is 13.4. The number of benzene rings is 1. The Labute approximate surface area is 198 Å². The molecule has 1 saturated heterocycles. The van der Waals surface area contributed by atoms with Crippen LogP contribution in [0.4, 0.5) is 15.1 Å². The lowest BCUT2D eigenvalue weighted by Gasteiger charge is -2.40. The molecule has 0 saturated carbocycles. The van der Waals surface area contributed by atoms with E-state index >= 15 is 0 Å². The summed E-state index contributed by atoms with van der Waals surface area (Å²) < 4.78 is 13.4. The minimum atomic E-state index is -0.208. The van der Waals surface area contributed by atoms with Crippen LogP contribution in [0.1, 0.15) is 47.5 Å². The maximum Gasteiger partial charge on any atom is 0.221 e. The predicted molar refractivity (Wildman–Crippen MR) is 132 cm³/mol. The van der Waals surface area contributed by atoms with E-state index < -0.39 is 0 Å². The van der Waals surface area contributed by atoms with Gasteiger partial charge in [-0.2, -0.15) is 0 Å². The van der Waals surface area contributed by atoms with E-state index in [9.17, 15) is 9.18 Å². The van der Waals surface area contributed by atoms with Crippen molar-refractivity contribution in [3.05, 3.63) is 76.2 Å². The summed E-state index contributed by atoms with van der Waals surface area (Å²) in [7, 11) is 0. The summed E-state index contributed by atoms with van der Waals surface area (Å²) in [6.45, 7) is 5.03. The third kappa shape index (κ3) is 4.66. The molecule has 5 rings (SSSR count). The van der Waals surface area contributed by atoms with E-state index in [1.54, 1.807) is 18.3 Å². The van der Waals surface area contributed by atoms with Crippen LogP contribution < -0.4 is 10.2 Å². The van der Waals surface area contributed by atoms with Crippen LogP contribution in [0.3, 0.4) is 0 Å². The minimum absolute atomic E-state index is 0.00141. The first-order chi connectivity index (χ1) is 16.1. The molecule has 1 fully saturated rings. The van der Waals surface area contributed by atoms with Crippen molar-refractivity contribution in [3.63, 3.8) is 0 Å². The molecule has 3 heterocycles. The number of carbonyl (C=O) groups excluding carboxylic acids is 1. The van der Waals surface area contributed by atoms with Crippen LogP contribution in [0.5, 0.6) is 0 Å². The van der Waals surface area contributed by atoms with E-state index in [0.717, 1.165) is 55.4 Å². The molecule has 0 spiro atoms. The molecule has 3 aromatic rings. The van der Waals surface area contributed by atoms with E-state index in [2.05, 4.69) is 21.2 Å². The predicted octanol–water partition coefficient (Wildman–Crippen LogP) is 5.03. The first-order valence-corrected chi connectivity index (χ1v) is 12.5. The van der Waals surface area contributed by atoms with Crippen molar-refractivity contribution < 1.29 is 9.18 Å². The number of aromatic nitrogens is 1. The molecule has 172 valence electrons. The highest BCUT2D eigenvalue weighted by atomic mass is 32.1. The molecule has 1 amide bonds. The second kappa shape index (κ2) is 9.61. The Bertz CT molecular complexity index is 1110. The Hall–Kier alpha value is -2.77. The van der Waals surface area contributed by atoms with E-state index in [-0.39, 0.29) is 17.8 Å². The number of hydrogen-bond acceptors (Lipinski definition) is 5. The van der Waals surface area contributed by atoms with E-state index in [0.29, 0.717) is 0 Å². The van der Waals surface area contributed by atoms with Gasteiger partial charge >= 0.3 is 0 Å². The smallest absolute Gasteiger partial charge is 0.221 e. The Morgan fingerprint density at radius 1 is 1.06 bits per heavy atom. The number of thiophene rings is 1. The van der Waals surface area contributed by atoms with Gasteiger partial charge in [-0.15, -0.1) is 11.3 Å². The van der Waals surface area contributed by atoms with Crippen LogP contribution in [0.15, 0.2) is 48.7 Å². The largest absolute Gasteiger partial charge is 0.369 e. The number of piperazine rings is 1. The molecule has 0 radical (unpaired) electrons. The van der Waals surface area contributed by atoms with Gasteiger partial charge in [-0.25, -0.2) is 4.39 Å². The number of aryl methyl sites for hydroxylation is 1.